The van der Waals surface area contributed by atoms with E-state index in [1.807, 2.05) is 12.5 Å². The van der Waals surface area contributed by atoms with Gasteiger partial charge < -0.3 is 15.0 Å². The van der Waals surface area contributed by atoms with E-state index in [0.717, 1.165) is 18.7 Å². The molecule has 14 heavy (non-hydrogen) atoms. The maximum absolute atomic E-state index is 5.67. The van der Waals surface area contributed by atoms with E-state index in [4.69, 9.17) is 10.5 Å². The van der Waals surface area contributed by atoms with Gasteiger partial charge in [0.15, 0.2) is 0 Å². The quantitative estimate of drug-likeness (QED) is 0.768. The zero-order valence-corrected chi connectivity index (χ0v) is 8.73. The fourth-order valence-corrected chi connectivity index (χ4v) is 1.88. The van der Waals surface area contributed by atoms with Gasteiger partial charge in [-0.15, -0.1) is 0 Å². The number of nitrogens with two attached hydrogens (primary N) is 1. The summed E-state index contributed by atoms with van der Waals surface area (Å²) >= 11 is 0. The Bertz CT molecular complexity index is 319. The van der Waals surface area contributed by atoms with E-state index in [9.17, 15) is 0 Å². The molecule has 0 bridgehead atoms. The van der Waals surface area contributed by atoms with Crippen molar-refractivity contribution in [1.29, 1.82) is 0 Å². The molecule has 0 saturated carbocycles. The Balaban J connectivity index is 2.09. The van der Waals surface area contributed by atoms with E-state index >= 15 is 0 Å². The first-order chi connectivity index (χ1) is 6.61. The predicted octanol–water partition coefficient (Wildman–Crippen LogP) is 1.08. The summed E-state index contributed by atoms with van der Waals surface area (Å²) in [6.07, 6.45) is 4.89. The summed E-state index contributed by atoms with van der Waals surface area (Å²) in [5.74, 6) is 0. The molecule has 2 rings (SSSR count). The maximum Gasteiger partial charge on any atom is 0.0953 e. The van der Waals surface area contributed by atoms with Crippen LogP contribution >= 0.6 is 0 Å². The zero-order valence-electron chi connectivity index (χ0n) is 8.73. The number of hydrogen-bond acceptors (Lipinski definition) is 3. The SMILES string of the molecule is CC1(C)CC(n2cnc(CN)c2)CO1. The molecule has 1 fully saturated rings. The van der Waals surface area contributed by atoms with Gasteiger partial charge in [0.05, 0.1) is 30.3 Å². The van der Waals surface area contributed by atoms with Crippen LogP contribution in [0.15, 0.2) is 12.5 Å². The average molecular weight is 195 g/mol. The largest absolute Gasteiger partial charge is 0.373 e. The topological polar surface area (TPSA) is 53.1 Å². The van der Waals surface area contributed by atoms with Gasteiger partial charge >= 0.3 is 0 Å². The Morgan fingerprint density at radius 1 is 1.71 bits per heavy atom. The summed E-state index contributed by atoms with van der Waals surface area (Å²) < 4.78 is 7.78. The van der Waals surface area contributed by atoms with Crippen LogP contribution < -0.4 is 5.73 Å². The van der Waals surface area contributed by atoms with Gasteiger partial charge in [0.1, 0.15) is 0 Å². The van der Waals surface area contributed by atoms with E-state index in [0.29, 0.717) is 12.6 Å². The standard InChI is InChI=1S/C10H17N3O/c1-10(2)3-9(6-14-10)13-5-8(4-11)12-7-13/h5,7,9H,3-4,6,11H2,1-2H3. The Labute approximate surface area is 84.1 Å². The maximum atomic E-state index is 5.67. The van der Waals surface area contributed by atoms with Crippen molar-refractivity contribution in [3.8, 4) is 0 Å². The molecule has 1 atom stereocenters. The molecule has 1 aliphatic heterocycles. The van der Waals surface area contributed by atoms with Gasteiger partial charge in [-0.25, -0.2) is 4.98 Å². The average Bonchev–Trinajstić information content (AvgIpc) is 2.70. The number of imidazole rings is 1. The molecule has 1 aliphatic rings. The van der Waals surface area contributed by atoms with E-state index in [-0.39, 0.29) is 5.60 Å². The van der Waals surface area contributed by atoms with Crippen LogP contribution in [0.1, 0.15) is 32.0 Å². The Hall–Kier alpha value is -0.870. The van der Waals surface area contributed by atoms with Crippen LogP contribution in [0.25, 0.3) is 0 Å². The fourth-order valence-electron chi connectivity index (χ4n) is 1.88. The van der Waals surface area contributed by atoms with E-state index < -0.39 is 0 Å². The van der Waals surface area contributed by atoms with Crippen LogP contribution in [0.2, 0.25) is 0 Å². The second-order valence-electron chi connectivity index (χ2n) is 4.44. The fraction of sp³-hybridized carbons (Fsp3) is 0.700. The van der Waals surface area contributed by atoms with E-state index in [2.05, 4.69) is 23.4 Å². The minimum atomic E-state index is -0.00217. The molecule has 1 saturated heterocycles. The van der Waals surface area contributed by atoms with Crippen LogP contribution in [0.4, 0.5) is 0 Å². The zero-order chi connectivity index (χ0) is 10.2. The molecule has 4 nitrogen and oxygen atoms in total. The Morgan fingerprint density at radius 2 is 2.50 bits per heavy atom. The Morgan fingerprint density at radius 3 is 3.00 bits per heavy atom. The Kier molecular flexibility index (Phi) is 2.33. The monoisotopic (exact) mass is 195 g/mol. The van der Waals surface area contributed by atoms with E-state index in [1.165, 1.54) is 0 Å². The molecular weight excluding hydrogens is 178 g/mol. The van der Waals surface area contributed by atoms with Crippen molar-refractivity contribution >= 4 is 0 Å². The molecule has 78 valence electrons. The third-order valence-electron chi connectivity index (χ3n) is 2.68. The first-order valence-electron chi connectivity index (χ1n) is 4.97. The summed E-state index contributed by atoms with van der Waals surface area (Å²) in [5.41, 5.74) is 6.45. The molecular formula is C10H17N3O. The molecule has 0 aliphatic carbocycles. The third kappa shape index (κ3) is 1.81. The van der Waals surface area contributed by atoms with Gasteiger partial charge in [0, 0.05) is 12.7 Å². The van der Waals surface area contributed by atoms with Crippen molar-refractivity contribution < 1.29 is 4.74 Å². The molecule has 1 unspecified atom stereocenters. The van der Waals surface area contributed by atoms with Crippen LogP contribution in [0.3, 0.4) is 0 Å². The van der Waals surface area contributed by atoms with Crippen LogP contribution in [0, 0.1) is 0 Å². The van der Waals surface area contributed by atoms with Crippen molar-refractivity contribution in [2.45, 2.75) is 38.5 Å². The highest BCUT2D eigenvalue weighted by atomic mass is 16.5. The summed E-state index contributed by atoms with van der Waals surface area (Å²) in [6, 6.07) is 0.415. The molecule has 4 heteroatoms. The number of nitrogens with zero attached hydrogens (tertiary/aromatic N) is 2. The van der Waals surface area contributed by atoms with Gasteiger partial charge in [-0.1, -0.05) is 0 Å². The third-order valence-corrected chi connectivity index (χ3v) is 2.68. The van der Waals surface area contributed by atoms with Crippen molar-refractivity contribution in [3.63, 3.8) is 0 Å². The van der Waals surface area contributed by atoms with E-state index in [1.54, 1.807) is 0 Å². The van der Waals surface area contributed by atoms with Crippen molar-refractivity contribution in [2.75, 3.05) is 6.61 Å². The highest BCUT2D eigenvalue weighted by Gasteiger charge is 2.32. The van der Waals surface area contributed by atoms with Gasteiger partial charge in [0.25, 0.3) is 0 Å². The lowest BCUT2D eigenvalue weighted by molar-refractivity contribution is 0.0352. The second kappa shape index (κ2) is 3.37. The summed E-state index contributed by atoms with van der Waals surface area (Å²) in [5, 5.41) is 0. The van der Waals surface area contributed by atoms with Gasteiger partial charge in [0.2, 0.25) is 0 Å². The second-order valence-corrected chi connectivity index (χ2v) is 4.44. The number of ether oxygens (including phenoxy) is 1. The number of aromatic nitrogens is 2. The molecule has 0 amide bonds. The van der Waals surface area contributed by atoms with Crippen molar-refractivity contribution in [3.05, 3.63) is 18.2 Å². The molecule has 1 aromatic heterocycles. The molecule has 0 radical (unpaired) electrons. The van der Waals surface area contributed by atoms with Crippen LogP contribution in [-0.4, -0.2) is 21.8 Å². The lowest BCUT2D eigenvalue weighted by atomic mass is 10.0. The van der Waals surface area contributed by atoms with Crippen molar-refractivity contribution in [2.24, 2.45) is 5.73 Å². The molecule has 2 heterocycles. The lowest BCUT2D eigenvalue weighted by Crippen LogP contribution is -2.17. The number of hydrogen-bond donors (Lipinski definition) is 1. The first kappa shape index (κ1) is 9.68. The molecule has 1 aromatic rings. The normalized spacial score (nSPS) is 25.5. The van der Waals surface area contributed by atoms with Crippen molar-refractivity contribution in [1.82, 2.24) is 9.55 Å². The molecule has 0 aromatic carbocycles. The summed E-state index contributed by atoms with van der Waals surface area (Å²) in [6.45, 7) is 5.51. The highest BCUT2D eigenvalue weighted by molar-refractivity contribution is 4.99. The summed E-state index contributed by atoms with van der Waals surface area (Å²) in [7, 11) is 0. The van der Waals surface area contributed by atoms with Gasteiger partial charge in [-0.3, -0.25) is 0 Å². The molecule has 2 N–H and O–H groups in total. The highest BCUT2D eigenvalue weighted by Crippen LogP contribution is 2.32. The van der Waals surface area contributed by atoms with Gasteiger partial charge in [-0.2, -0.15) is 0 Å². The smallest absolute Gasteiger partial charge is 0.0953 e. The molecule has 0 spiro atoms. The first-order valence-corrected chi connectivity index (χ1v) is 4.97. The summed E-state index contributed by atoms with van der Waals surface area (Å²) in [4.78, 5) is 4.21. The minimum absolute atomic E-state index is 0.00217. The van der Waals surface area contributed by atoms with Crippen LogP contribution in [0.5, 0.6) is 0 Å². The lowest BCUT2D eigenvalue weighted by Gasteiger charge is -2.15. The van der Waals surface area contributed by atoms with Gasteiger partial charge in [-0.05, 0) is 20.3 Å². The number of rotatable bonds is 2. The predicted molar refractivity (Wildman–Crippen MR) is 53.8 cm³/mol. The van der Waals surface area contributed by atoms with Crippen LogP contribution in [-0.2, 0) is 11.3 Å². The minimum Gasteiger partial charge on any atom is -0.373 e.